The van der Waals surface area contributed by atoms with Gasteiger partial charge in [-0.3, -0.25) is 4.79 Å². The van der Waals surface area contributed by atoms with Crippen molar-refractivity contribution in [3.8, 4) is 0 Å². The van der Waals surface area contributed by atoms with E-state index in [4.69, 9.17) is 5.73 Å². The molecule has 0 aliphatic carbocycles. The van der Waals surface area contributed by atoms with Gasteiger partial charge in [-0.15, -0.1) is 0 Å². The molecule has 3 rings (SSSR count). The number of amides is 1. The highest BCUT2D eigenvalue weighted by Gasteiger charge is 2.35. The summed E-state index contributed by atoms with van der Waals surface area (Å²) in [4.78, 5) is 14.8. The van der Waals surface area contributed by atoms with Gasteiger partial charge in [0.1, 0.15) is 0 Å². The highest BCUT2D eigenvalue weighted by molar-refractivity contribution is 6.07. The minimum absolute atomic E-state index is 0.0293. The third-order valence-electron chi connectivity index (χ3n) is 4.62. The first kappa shape index (κ1) is 14.1. The molecule has 1 unspecified atom stereocenters. The molecule has 3 nitrogen and oxygen atoms in total. The van der Waals surface area contributed by atoms with Crippen LogP contribution in [-0.4, -0.2) is 29.9 Å². The number of nitrogens with two attached hydrogens (primary N) is 1. The Bertz CT molecular complexity index is 672. The molecule has 3 heteroatoms. The van der Waals surface area contributed by atoms with Crippen molar-refractivity contribution in [1.82, 2.24) is 4.90 Å². The molecule has 1 atom stereocenters. The van der Waals surface area contributed by atoms with Crippen LogP contribution < -0.4 is 5.73 Å². The Morgan fingerprint density at radius 2 is 1.90 bits per heavy atom. The van der Waals surface area contributed by atoms with Crippen molar-refractivity contribution in [2.75, 3.05) is 13.1 Å². The van der Waals surface area contributed by atoms with Gasteiger partial charge in [0.25, 0.3) is 5.91 Å². The average Bonchev–Trinajstić information content (AvgIpc) is 2.48. The van der Waals surface area contributed by atoms with Gasteiger partial charge >= 0.3 is 0 Å². The molecular weight excluding hydrogens is 260 g/mol. The van der Waals surface area contributed by atoms with Gasteiger partial charge in [0.2, 0.25) is 0 Å². The van der Waals surface area contributed by atoms with Crippen LogP contribution >= 0.6 is 0 Å². The van der Waals surface area contributed by atoms with Crippen LogP contribution in [0.3, 0.4) is 0 Å². The summed E-state index contributed by atoms with van der Waals surface area (Å²) >= 11 is 0. The Hall–Kier alpha value is -1.87. The van der Waals surface area contributed by atoms with E-state index < -0.39 is 0 Å². The molecule has 0 radical (unpaired) electrons. The van der Waals surface area contributed by atoms with E-state index in [1.165, 1.54) is 0 Å². The molecule has 1 aliphatic rings. The van der Waals surface area contributed by atoms with Crippen molar-refractivity contribution in [3.63, 3.8) is 0 Å². The van der Waals surface area contributed by atoms with E-state index in [-0.39, 0.29) is 17.4 Å². The van der Waals surface area contributed by atoms with Crippen molar-refractivity contribution < 1.29 is 4.79 Å². The van der Waals surface area contributed by atoms with Crippen LogP contribution in [0.25, 0.3) is 10.8 Å². The lowest BCUT2D eigenvalue weighted by molar-refractivity contribution is 0.0535. The molecule has 1 heterocycles. The van der Waals surface area contributed by atoms with Crippen LogP contribution in [0.4, 0.5) is 0 Å². The first-order valence-electron chi connectivity index (χ1n) is 7.52. The van der Waals surface area contributed by atoms with Crippen LogP contribution in [0.5, 0.6) is 0 Å². The zero-order chi connectivity index (χ0) is 15.0. The summed E-state index contributed by atoms with van der Waals surface area (Å²) < 4.78 is 0. The smallest absolute Gasteiger partial charge is 0.254 e. The van der Waals surface area contributed by atoms with Gasteiger partial charge in [-0.05, 0) is 28.7 Å². The summed E-state index contributed by atoms with van der Waals surface area (Å²) in [6, 6.07) is 14.1. The fourth-order valence-corrected chi connectivity index (χ4v) is 3.13. The molecule has 2 aromatic rings. The van der Waals surface area contributed by atoms with Gasteiger partial charge in [0.15, 0.2) is 0 Å². The summed E-state index contributed by atoms with van der Waals surface area (Å²) in [6.07, 6.45) is 0.865. The fourth-order valence-electron chi connectivity index (χ4n) is 3.13. The quantitative estimate of drug-likeness (QED) is 0.874. The van der Waals surface area contributed by atoms with Crippen LogP contribution in [0.2, 0.25) is 0 Å². The minimum Gasteiger partial charge on any atom is -0.338 e. The second-order valence-electron chi connectivity index (χ2n) is 6.64. The lowest BCUT2D eigenvalue weighted by atomic mass is 9.79. The predicted molar refractivity (Wildman–Crippen MR) is 86.2 cm³/mol. The van der Waals surface area contributed by atoms with Gasteiger partial charge in [0.05, 0.1) is 0 Å². The zero-order valence-corrected chi connectivity index (χ0v) is 12.7. The number of likely N-dealkylation sites (tertiary alicyclic amines) is 1. The molecule has 1 fully saturated rings. The van der Waals surface area contributed by atoms with E-state index in [0.29, 0.717) is 0 Å². The van der Waals surface area contributed by atoms with Crippen molar-refractivity contribution in [1.29, 1.82) is 0 Å². The fraction of sp³-hybridized carbons (Fsp3) is 0.389. The van der Waals surface area contributed by atoms with Gasteiger partial charge in [-0.25, -0.2) is 0 Å². The van der Waals surface area contributed by atoms with Gasteiger partial charge in [0, 0.05) is 24.7 Å². The van der Waals surface area contributed by atoms with E-state index in [1.54, 1.807) is 0 Å². The Balaban J connectivity index is 1.94. The number of hydrogen-bond donors (Lipinski definition) is 1. The summed E-state index contributed by atoms with van der Waals surface area (Å²) in [5, 5.41) is 2.13. The Morgan fingerprint density at radius 3 is 2.67 bits per heavy atom. The second kappa shape index (κ2) is 5.15. The summed E-state index contributed by atoms with van der Waals surface area (Å²) in [6.45, 7) is 5.74. The topological polar surface area (TPSA) is 46.3 Å². The average molecular weight is 282 g/mol. The van der Waals surface area contributed by atoms with Crippen molar-refractivity contribution in [2.24, 2.45) is 11.1 Å². The van der Waals surface area contributed by atoms with E-state index >= 15 is 0 Å². The molecule has 1 amide bonds. The standard InChI is InChI=1S/C18H22N2O/c1-18(2)12-20(11-10-16(18)19)17(21)15-9-5-7-13-6-3-4-8-14(13)15/h3-9,16H,10-12,19H2,1-2H3. The minimum atomic E-state index is -0.0293. The lowest BCUT2D eigenvalue weighted by Crippen LogP contribution is -2.54. The highest BCUT2D eigenvalue weighted by Crippen LogP contribution is 2.29. The molecule has 2 aromatic carbocycles. The van der Waals surface area contributed by atoms with Crippen LogP contribution in [0.15, 0.2) is 42.5 Å². The van der Waals surface area contributed by atoms with E-state index in [0.717, 1.165) is 35.8 Å². The molecule has 1 aliphatic heterocycles. The second-order valence-corrected chi connectivity index (χ2v) is 6.64. The first-order chi connectivity index (χ1) is 9.99. The Morgan fingerprint density at radius 1 is 1.19 bits per heavy atom. The van der Waals surface area contributed by atoms with Gasteiger partial charge in [-0.1, -0.05) is 50.2 Å². The van der Waals surface area contributed by atoms with Crippen LogP contribution in [-0.2, 0) is 0 Å². The van der Waals surface area contributed by atoms with E-state index in [2.05, 4.69) is 13.8 Å². The SMILES string of the molecule is CC1(C)CN(C(=O)c2cccc3ccccc23)CCC1N. The van der Waals surface area contributed by atoms with Crippen molar-refractivity contribution >= 4 is 16.7 Å². The molecule has 2 N–H and O–H groups in total. The maximum Gasteiger partial charge on any atom is 0.254 e. The van der Waals surface area contributed by atoms with Gasteiger partial charge < -0.3 is 10.6 Å². The monoisotopic (exact) mass is 282 g/mol. The van der Waals surface area contributed by atoms with E-state index in [9.17, 15) is 4.79 Å². The number of carbonyl (C=O) groups is 1. The van der Waals surface area contributed by atoms with Crippen molar-refractivity contribution in [2.45, 2.75) is 26.3 Å². The van der Waals surface area contributed by atoms with E-state index in [1.807, 2.05) is 47.4 Å². The largest absolute Gasteiger partial charge is 0.338 e. The molecule has 110 valence electrons. The van der Waals surface area contributed by atoms with Gasteiger partial charge in [-0.2, -0.15) is 0 Å². The third-order valence-corrected chi connectivity index (χ3v) is 4.62. The number of rotatable bonds is 1. The molecule has 0 bridgehead atoms. The number of hydrogen-bond acceptors (Lipinski definition) is 2. The number of benzene rings is 2. The maximum atomic E-state index is 12.9. The summed E-state index contributed by atoms with van der Waals surface area (Å²) in [7, 11) is 0. The van der Waals surface area contributed by atoms with Crippen LogP contribution in [0.1, 0.15) is 30.6 Å². The third kappa shape index (κ3) is 2.54. The number of piperidine rings is 1. The molecule has 0 saturated carbocycles. The highest BCUT2D eigenvalue weighted by atomic mass is 16.2. The molecule has 0 aromatic heterocycles. The predicted octanol–water partition coefficient (Wildman–Crippen LogP) is 3.04. The summed E-state index contributed by atoms with van der Waals surface area (Å²) in [5.74, 6) is 0.117. The molecular formula is C18H22N2O. The Labute approximate surface area is 125 Å². The number of nitrogens with zero attached hydrogens (tertiary/aromatic N) is 1. The first-order valence-corrected chi connectivity index (χ1v) is 7.52. The molecule has 0 spiro atoms. The number of fused-ring (bicyclic) bond motifs is 1. The Kier molecular flexibility index (Phi) is 3.46. The van der Waals surface area contributed by atoms with Crippen LogP contribution in [0, 0.1) is 5.41 Å². The molecule has 21 heavy (non-hydrogen) atoms. The summed E-state index contributed by atoms with van der Waals surface area (Å²) in [5.41, 5.74) is 6.93. The number of carbonyl (C=O) groups excluding carboxylic acids is 1. The molecule has 1 saturated heterocycles. The lowest BCUT2D eigenvalue weighted by Gasteiger charge is -2.42. The van der Waals surface area contributed by atoms with Crippen molar-refractivity contribution in [3.05, 3.63) is 48.0 Å². The maximum absolute atomic E-state index is 12.9. The normalized spacial score (nSPS) is 21.5. The zero-order valence-electron chi connectivity index (χ0n) is 12.7.